The van der Waals surface area contributed by atoms with E-state index in [9.17, 15) is 9.00 Å². The molecule has 2 unspecified atom stereocenters. The van der Waals surface area contributed by atoms with Crippen molar-refractivity contribution in [2.45, 2.75) is 18.6 Å². The first kappa shape index (κ1) is 14.6. The Labute approximate surface area is 109 Å². The molecule has 4 N–H and O–H groups in total. The van der Waals surface area contributed by atoms with Gasteiger partial charge >= 0.3 is 0 Å². The van der Waals surface area contributed by atoms with Crippen LogP contribution in [-0.4, -0.2) is 33.2 Å². The molecule has 0 aromatic carbocycles. The summed E-state index contributed by atoms with van der Waals surface area (Å²) >= 11 is 0. The molecule has 1 aromatic rings. The number of nitrogens with two attached hydrogens (primary N) is 1. The van der Waals surface area contributed by atoms with Crippen molar-refractivity contribution >= 4 is 22.4 Å². The molecule has 0 aliphatic rings. The molecule has 1 rings (SSSR count). The molecule has 0 fully saturated rings. The topological polar surface area (TPSA) is 97.1 Å². The van der Waals surface area contributed by atoms with Gasteiger partial charge in [0.15, 0.2) is 0 Å². The molecule has 1 heterocycles. The highest BCUT2D eigenvalue weighted by atomic mass is 32.2. The second-order valence-electron chi connectivity index (χ2n) is 3.93. The summed E-state index contributed by atoms with van der Waals surface area (Å²) in [4.78, 5) is 15.7. The van der Waals surface area contributed by atoms with Gasteiger partial charge in [-0.15, -0.1) is 0 Å². The second-order valence-corrected chi connectivity index (χ2v) is 5.73. The van der Waals surface area contributed by atoms with Gasteiger partial charge in [0.2, 0.25) is 0 Å². The van der Waals surface area contributed by atoms with Crippen molar-refractivity contribution in [3.8, 4) is 0 Å². The van der Waals surface area contributed by atoms with Crippen LogP contribution in [-0.2, 0) is 10.8 Å². The van der Waals surface area contributed by atoms with E-state index >= 15 is 0 Å². The molecule has 0 saturated heterocycles. The molecule has 0 bridgehead atoms. The summed E-state index contributed by atoms with van der Waals surface area (Å²) in [6.07, 6.45) is 3.82. The zero-order chi connectivity index (χ0) is 13.5. The fourth-order valence-corrected chi connectivity index (χ4v) is 1.71. The zero-order valence-electron chi connectivity index (χ0n) is 10.5. The van der Waals surface area contributed by atoms with Gasteiger partial charge in [-0.3, -0.25) is 14.8 Å². The number of hydrazine groups is 1. The molecular weight excluding hydrogens is 252 g/mol. The maximum Gasteiger partial charge on any atom is 0.269 e. The zero-order valence-corrected chi connectivity index (χ0v) is 11.3. The smallest absolute Gasteiger partial charge is 0.269 e. The summed E-state index contributed by atoms with van der Waals surface area (Å²) in [6, 6.07) is 3.26. The van der Waals surface area contributed by atoms with Crippen LogP contribution in [0.3, 0.4) is 0 Å². The fourth-order valence-electron chi connectivity index (χ4n) is 1.26. The minimum Gasteiger partial charge on any atom is -0.351 e. The molecule has 7 heteroatoms. The molecule has 2 atom stereocenters. The largest absolute Gasteiger partial charge is 0.351 e. The number of nitrogen functional groups attached to an aromatic ring is 1. The average molecular weight is 270 g/mol. The molecule has 0 spiro atoms. The number of nitrogens with one attached hydrogen (secondary N) is 2. The average Bonchev–Trinajstić information content (AvgIpc) is 2.38. The number of aromatic nitrogens is 1. The first-order valence-corrected chi connectivity index (χ1v) is 7.19. The van der Waals surface area contributed by atoms with Crippen molar-refractivity contribution in [2.24, 2.45) is 5.84 Å². The minimum atomic E-state index is -0.863. The van der Waals surface area contributed by atoms with Gasteiger partial charge in [-0.1, -0.05) is 6.92 Å². The number of nitrogens with zero attached hydrogens (tertiary/aromatic N) is 1. The van der Waals surface area contributed by atoms with Crippen LogP contribution in [0.5, 0.6) is 0 Å². The number of carbonyl (C=O) groups excluding carboxylic acids is 1. The third kappa shape index (κ3) is 4.42. The van der Waals surface area contributed by atoms with Crippen molar-refractivity contribution in [3.05, 3.63) is 24.0 Å². The summed E-state index contributed by atoms with van der Waals surface area (Å²) in [6.45, 7) is 2.38. The maximum atomic E-state index is 11.7. The van der Waals surface area contributed by atoms with Gasteiger partial charge in [-0.05, 0) is 18.6 Å². The Hall–Kier alpha value is -1.47. The summed E-state index contributed by atoms with van der Waals surface area (Å²) in [5, 5.41) is 2.81. The molecule has 0 aliphatic heterocycles. The van der Waals surface area contributed by atoms with E-state index in [0.717, 1.165) is 0 Å². The van der Waals surface area contributed by atoms with E-state index in [1.807, 2.05) is 6.92 Å². The van der Waals surface area contributed by atoms with Gasteiger partial charge in [0.25, 0.3) is 5.91 Å². The Morgan fingerprint density at radius 1 is 1.56 bits per heavy atom. The number of anilines is 1. The van der Waals surface area contributed by atoms with Gasteiger partial charge in [-0.2, -0.15) is 0 Å². The van der Waals surface area contributed by atoms with Crippen molar-refractivity contribution in [3.63, 3.8) is 0 Å². The Bertz CT molecular complexity index is 422. The fraction of sp³-hybridized carbons (Fsp3) is 0.455. The molecule has 0 radical (unpaired) electrons. The number of hydrogen-bond acceptors (Lipinski definition) is 5. The molecule has 6 nitrogen and oxygen atoms in total. The highest BCUT2D eigenvalue weighted by Crippen LogP contribution is 2.04. The number of rotatable bonds is 6. The van der Waals surface area contributed by atoms with Crippen LogP contribution in [0.15, 0.2) is 18.3 Å². The summed E-state index contributed by atoms with van der Waals surface area (Å²) in [5.74, 6) is 4.96. The first-order chi connectivity index (χ1) is 8.54. The van der Waals surface area contributed by atoms with Gasteiger partial charge in [-0.25, -0.2) is 4.98 Å². The number of pyridine rings is 1. The summed E-state index contributed by atoms with van der Waals surface area (Å²) in [5.41, 5.74) is 3.41. The Morgan fingerprint density at radius 3 is 2.78 bits per heavy atom. The van der Waals surface area contributed by atoms with Crippen LogP contribution in [0.2, 0.25) is 0 Å². The standard InChI is InChI=1S/C11H18N4O2S/c1-8(18(2)17)5-6-13-11(16)10-4-3-9(15-12)7-14-10/h3-4,7-8,15H,5-6,12H2,1-2H3,(H,13,16). The Balaban J connectivity index is 2.42. The van der Waals surface area contributed by atoms with E-state index < -0.39 is 10.8 Å². The second kappa shape index (κ2) is 7.07. The predicted molar refractivity (Wildman–Crippen MR) is 72.5 cm³/mol. The van der Waals surface area contributed by atoms with Gasteiger partial charge in [0.1, 0.15) is 5.69 Å². The number of amides is 1. The van der Waals surface area contributed by atoms with Crippen LogP contribution >= 0.6 is 0 Å². The monoisotopic (exact) mass is 270 g/mol. The van der Waals surface area contributed by atoms with E-state index in [-0.39, 0.29) is 11.2 Å². The van der Waals surface area contributed by atoms with Crippen LogP contribution in [0.25, 0.3) is 0 Å². The lowest BCUT2D eigenvalue weighted by Gasteiger charge is -2.09. The third-order valence-corrected chi connectivity index (χ3v) is 3.93. The summed E-state index contributed by atoms with van der Waals surface area (Å²) < 4.78 is 11.1. The normalized spacial score (nSPS) is 13.7. The molecule has 0 aliphatic carbocycles. The van der Waals surface area contributed by atoms with Crippen LogP contribution in [0.4, 0.5) is 5.69 Å². The maximum absolute atomic E-state index is 11.7. The SMILES string of the molecule is CC(CCNC(=O)c1ccc(NN)cn1)S(C)=O. The Morgan fingerprint density at radius 2 is 2.28 bits per heavy atom. The molecule has 18 heavy (non-hydrogen) atoms. The number of carbonyl (C=O) groups is 1. The lowest BCUT2D eigenvalue weighted by Crippen LogP contribution is -2.28. The van der Waals surface area contributed by atoms with E-state index in [1.165, 1.54) is 6.20 Å². The van der Waals surface area contributed by atoms with E-state index in [1.54, 1.807) is 18.4 Å². The molecule has 0 saturated carbocycles. The molecule has 100 valence electrons. The Kier molecular flexibility index (Phi) is 5.73. The lowest BCUT2D eigenvalue weighted by atomic mass is 10.3. The van der Waals surface area contributed by atoms with Crippen molar-refractivity contribution < 1.29 is 9.00 Å². The van der Waals surface area contributed by atoms with Crippen molar-refractivity contribution in [2.75, 3.05) is 18.2 Å². The van der Waals surface area contributed by atoms with E-state index in [2.05, 4.69) is 15.7 Å². The van der Waals surface area contributed by atoms with Crippen LogP contribution in [0, 0.1) is 0 Å². The number of hydrogen-bond donors (Lipinski definition) is 3. The van der Waals surface area contributed by atoms with Crippen molar-refractivity contribution in [1.82, 2.24) is 10.3 Å². The van der Waals surface area contributed by atoms with Crippen molar-refractivity contribution in [1.29, 1.82) is 0 Å². The van der Waals surface area contributed by atoms with E-state index in [4.69, 9.17) is 5.84 Å². The molecule has 1 aromatic heterocycles. The molecular formula is C11H18N4O2S. The van der Waals surface area contributed by atoms with Gasteiger partial charge in [0.05, 0.1) is 11.9 Å². The third-order valence-electron chi connectivity index (χ3n) is 2.57. The highest BCUT2D eigenvalue weighted by Gasteiger charge is 2.09. The highest BCUT2D eigenvalue weighted by molar-refractivity contribution is 7.84. The predicted octanol–water partition coefficient (Wildman–Crippen LogP) is 0.254. The summed E-state index contributed by atoms with van der Waals surface area (Å²) in [7, 11) is -0.863. The van der Waals surface area contributed by atoms with Gasteiger partial charge < -0.3 is 10.7 Å². The first-order valence-electron chi connectivity index (χ1n) is 5.57. The lowest BCUT2D eigenvalue weighted by molar-refractivity contribution is 0.0948. The quantitative estimate of drug-likeness (QED) is 0.509. The minimum absolute atomic E-state index is 0.0714. The van der Waals surface area contributed by atoms with E-state index in [0.29, 0.717) is 24.3 Å². The molecule has 1 amide bonds. The van der Waals surface area contributed by atoms with Gasteiger partial charge in [0, 0.05) is 28.9 Å². The van der Waals surface area contributed by atoms with Crippen LogP contribution < -0.4 is 16.6 Å². The van der Waals surface area contributed by atoms with Crippen LogP contribution in [0.1, 0.15) is 23.8 Å².